The highest BCUT2D eigenvalue weighted by atomic mass is 79.9. The van der Waals surface area contributed by atoms with E-state index >= 15 is 0 Å². The molecule has 1 aromatic rings. The molecule has 0 aromatic heterocycles. The van der Waals surface area contributed by atoms with Gasteiger partial charge < -0.3 is 19.1 Å². The van der Waals surface area contributed by atoms with E-state index in [4.69, 9.17) is 14.2 Å². The van der Waals surface area contributed by atoms with Crippen LogP contribution in [-0.2, 0) is 11.3 Å². The summed E-state index contributed by atoms with van der Waals surface area (Å²) in [7, 11) is 3.00. The summed E-state index contributed by atoms with van der Waals surface area (Å²) in [6, 6.07) is 2.87. The van der Waals surface area contributed by atoms with E-state index in [1.165, 1.54) is 19.1 Å². The van der Waals surface area contributed by atoms with Crippen LogP contribution in [0.2, 0.25) is 0 Å². The Balaban J connectivity index is 2.34. The maximum atomic E-state index is 13.4. The van der Waals surface area contributed by atoms with E-state index in [0.717, 1.165) is 4.47 Å². The topological polar surface area (TPSA) is 48.0 Å². The van der Waals surface area contributed by atoms with E-state index in [9.17, 15) is 13.6 Å². The minimum Gasteiger partial charge on any atom is -0.496 e. The normalized spacial score (nSPS) is 16.6. The van der Waals surface area contributed by atoms with Crippen molar-refractivity contribution in [1.29, 1.82) is 0 Å². The smallest absolute Gasteiger partial charge is 0.410 e. The fraction of sp³-hybridized carbons (Fsp3) is 0.611. The lowest BCUT2D eigenvalue weighted by Crippen LogP contribution is -2.53. The summed E-state index contributed by atoms with van der Waals surface area (Å²) in [6.07, 6.45) is -1.40. The number of carbonyl (C=O) groups excluding carboxylic acids is 1. The van der Waals surface area contributed by atoms with Crippen LogP contribution < -0.4 is 9.47 Å². The zero-order valence-corrected chi connectivity index (χ0v) is 17.2. The largest absolute Gasteiger partial charge is 0.496 e. The maximum Gasteiger partial charge on any atom is 0.410 e. The van der Waals surface area contributed by atoms with Gasteiger partial charge in [0.1, 0.15) is 17.1 Å². The summed E-state index contributed by atoms with van der Waals surface area (Å²) in [5.74, 6) is -1.76. The summed E-state index contributed by atoms with van der Waals surface area (Å²) in [5, 5.41) is 0. The Kier molecular flexibility index (Phi) is 6.05. The first-order valence-corrected chi connectivity index (χ1v) is 9.03. The van der Waals surface area contributed by atoms with Gasteiger partial charge in [-0.05, 0) is 32.9 Å². The zero-order valence-electron chi connectivity index (χ0n) is 15.6. The average molecular weight is 436 g/mol. The summed E-state index contributed by atoms with van der Waals surface area (Å²) < 4.78 is 43.7. The molecule has 0 aliphatic heterocycles. The fourth-order valence-electron chi connectivity index (χ4n) is 2.79. The van der Waals surface area contributed by atoms with Crippen molar-refractivity contribution in [1.82, 2.24) is 4.90 Å². The number of nitrogens with zero attached hydrogens (tertiary/aromatic N) is 1. The number of hydrogen-bond donors (Lipinski definition) is 0. The maximum absolute atomic E-state index is 13.4. The van der Waals surface area contributed by atoms with Gasteiger partial charge in [-0.25, -0.2) is 13.6 Å². The van der Waals surface area contributed by atoms with Crippen LogP contribution in [0, 0.1) is 0 Å². The SMILES string of the molecule is COc1cc(Br)cc(OC)c1CN(C(=O)OC(C)(C)C)C1CC(F)(F)C1. The molecule has 0 spiro atoms. The number of rotatable bonds is 5. The molecule has 1 fully saturated rings. The Labute approximate surface area is 160 Å². The molecule has 0 unspecified atom stereocenters. The molecule has 1 amide bonds. The number of methoxy groups -OCH3 is 2. The predicted molar refractivity (Wildman–Crippen MR) is 97.0 cm³/mol. The van der Waals surface area contributed by atoms with Crippen LogP contribution in [0.4, 0.5) is 13.6 Å². The van der Waals surface area contributed by atoms with Crippen molar-refractivity contribution < 1.29 is 27.8 Å². The lowest BCUT2D eigenvalue weighted by Gasteiger charge is -2.42. The molecule has 1 saturated carbocycles. The van der Waals surface area contributed by atoms with Crippen LogP contribution in [0.15, 0.2) is 16.6 Å². The van der Waals surface area contributed by atoms with Crippen LogP contribution >= 0.6 is 15.9 Å². The molecule has 146 valence electrons. The highest BCUT2D eigenvalue weighted by molar-refractivity contribution is 9.10. The second-order valence-corrected chi connectivity index (χ2v) is 8.23. The van der Waals surface area contributed by atoms with Crippen LogP contribution in [0.5, 0.6) is 11.5 Å². The molecule has 26 heavy (non-hydrogen) atoms. The number of carbonyl (C=O) groups is 1. The summed E-state index contributed by atoms with van der Waals surface area (Å²) in [5.41, 5.74) is -0.130. The molecule has 1 aromatic carbocycles. The van der Waals surface area contributed by atoms with Crippen LogP contribution in [-0.4, -0.2) is 42.8 Å². The van der Waals surface area contributed by atoms with Crippen molar-refractivity contribution in [3.05, 3.63) is 22.2 Å². The molecule has 5 nitrogen and oxygen atoms in total. The molecule has 0 radical (unpaired) electrons. The molecule has 0 heterocycles. The molecular weight excluding hydrogens is 412 g/mol. The van der Waals surface area contributed by atoms with Gasteiger partial charge in [-0.3, -0.25) is 0 Å². The van der Waals surface area contributed by atoms with E-state index in [1.807, 2.05) is 0 Å². The van der Waals surface area contributed by atoms with Gasteiger partial charge in [-0.2, -0.15) is 0 Å². The van der Waals surface area contributed by atoms with Gasteiger partial charge in [0.05, 0.1) is 26.3 Å². The van der Waals surface area contributed by atoms with E-state index < -0.39 is 23.7 Å². The molecule has 0 atom stereocenters. The van der Waals surface area contributed by atoms with Gasteiger partial charge in [-0.15, -0.1) is 0 Å². The Morgan fingerprint density at radius 3 is 2.12 bits per heavy atom. The number of amides is 1. The van der Waals surface area contributed by atoms with Crippen molar-refractivity contribution >= 4 is 22.0 Å². The summed E-state index contributed by atoms with van der Waals surface area (Å²) in [4.78, 5) is 14.0. The van der Waals surface area contributed by atoms with Crippen LogP contribution in [0.3, 0.4) is 0 Å². The Morgan fingerprint density at radius 2 is 1.73 bits per heavy atom. The van der Waals surface area contributed by atoms with Crippen molar-refractivity contribution in [2.24, 2.45) is 0 Å². The van der Waals surface area contributed by atoms with E-state index in [-0.39, 0.29) is 19.4 Å². The van der Waals surface area contributed by atoms with E-state index in [0.29, 0.717) is 17.1 Å². The van der Waals surface area contributed by atoms with E-state index in [1.54, 1.807) is 32.9 Å². The molecule has 1 aliphatic carbocycles. The minimum atomic E-state index is -2.75. The highest BCUT2D eigenvalue weighted by Gasteiger charge is 2.50. The number of ether oxygens (including phenoxy) is 3. The highest BCUT2D eigenvalue weighted by Crippen LogP contribution is 2.43. The number of halogens is 3. The lowest BCUT2D eigenvalue weighted by molar-refractivity contribution is -0.124. The summed E-state index contributed by atoms with van der Waals surface area (Å²) in [6.45, 7) is 5.26. The van der Waals surface area contributed by atoms with Crippen molar-refractivity contribution in [2.45, 2.75) is 57.7 Å². The number of hydrogen-bond acceptors (Lipinski definition) is 4. The second kappa shape index (κ2) is 7.58. The van der Waals surface area contributed by atoms with Gasteiger partial charge in [0.2, 0.25) is 0 Å². The van der Waals surface area contributed by atoms with Crippen molar-refractivity contribution in [3.63, 3.8) is 0 Å². The average Bonchev–Trinajstić information content (AvgIpc) is 2.48. The molecule has 1 aliphatic rings. The molecule has 0 bridgehead atoms. The second-order valence-electron chi connectivity index (χ2n) is 7.32. The molecule has 0 N–H and O–H groups in total. The number of alkyl halides is 2. The monoisotopic (exact) mass is 435 g/mol. The third-order valence-electron chi connectivity index (χ3n) is 4.04. The third kappa shape index (κ3) is 4.99. The quantitative estimate of drug-likeness (QED) is 0.652. The zero-order chi connectivity index (χ0) is 19.7. The van der Waals surface area contributed by atoms with Crippen molar-refractivity contribution in [2.75, 3.05) is 14.2 Å². The molecule has 2 rings (SSSR count). The summed E-state index contributed by atoms with van der Waals surface area (Å²) >= 11 is 3.37. The van der Waals surface area contributed by atoms with Gasteiger partial charge in [-0.1, -0.05) is 15.9 Å². The predicted octanol–water partition coefficient (Wildman–Crippen LogP) is 5.00. The lowest BCUT2D eigenvalue weighted by atomic mass is 9.86. The van der Waals surface area contributed by atoms with Crippen LogP contribution in [0.25, 0.3) is 0 Å². The van der Waals surface area contributed by atoms with Crippen LogP contribution in [0.1, 0.15) is 39.2 Å². The Morgan fingerprint density at radius 1 is 1.23 bits per heavy atom. The van der Waals surface area contributed by atoms with E-state index in [2.05, 4.69) is 15.9 Å². The third-order valence-corrected chi connectivity index (χ3v) is 4.50. The molecular formula is C18H24BrF2NO4. The first kappa shape index (κ1) is 20.7. The molecule has 8 heteroatoms. The Bertz CT molecular complexity index is 643. The fourth-order valence-corrected chi connectivity index (χ4v) is 3.21. The number of benzene rings is 1. The first-order chi connectivity index (χ1) is 12.0. The first-order valence-electron chi connectivity index (χ1n) is 8.23. The van der Waals surface area contributed by atoms with Gasteiger partial charge in [0.15, 0.2) is 0 Å². The van der Waals surface area contributed by atoms with Crippen molar-refractivity contribution in [3.8, 4) is 11.5 Å². The molecule has 0 saturated heterocycles. The van der Waals surface area contributed by atoms with Gasteiger partial charge in [0, 0.05) is 23.4 Å². The van der Waals surface area contributed by atoms with Gasteiger partial charge >= 0.3 is 6.09 Å². The standard InChI is InChI=1S/C18H24BrF2NO4/c1-17(2,3)26-16(23)22(12-8-18(20,21)9-12)10-13-14(24-4)6-11(19)7-15(13)25-5/h6-7,12H,8-10H2,1-5H3. The van der Waals surface area contributed by atoms with Gasteiger partial charge in [0.25, 0.3) is 5.92 Å². The Hall–Kier alpha value is -1.57. The minimum absolute atomic E-state index is 0.0509.